The molecule has 4 nitrogen and oxygen atoms in total. The summed E-state index contributed by atoms with van der Waals surface area (Å²) in [6, 6.07) is 10.2. The van der Waals surface area contributed by atoms with E-state index in [9.17, 15) is 9.59 Å². The van der Waals surface area contributed by atoms with E-state index in [2.05, 4.69) is 23.5 Å². The molecule has 0 radical (unpaired) electrons. The van der Waals surface area contributed by atoms with Gasteiger partial charge in [0, 0.05) is 11.4 Å². The zero-order chi connectivity index (χ0) is 19.6. The lowest BCUT2D eigenvalue weighted by molar-refractivity contribution is -0.151. The molecule has 0 bridgehead atoms. The SMILES string of the molecule is COC(=O)C1(CNC(=O)c2cc3c(s2)CCCCCC3)Cc2ccccc2C1. The first-order valence-corrected chi connectivity index (χ1v) is 11.0. The number of hydrogen-bond acceptors (Lipinski definition) is 4. The molecular formula is C23H27NO3S. The van der Waals surface area contributed by atoms with Crippen molar-refractivity contribution >= 4 is 23.2 Å². The molecule has 2 aromatic rings. The van der Waals surface area contributed by atoms with Crippen molar-refractivity contribution in [2.75, 3.05) is 13.7 Å². The molecule has 5 heteroatoms. The van der Waals surface area contributed by atoms with Gasteiger partial charge in [-0.05, 0) is 61.3 Å². The van der Waals surface area contributed by atoms with E-state index in [4.69, 9.17) is 4.74 Å². The van der Waals surface area contributed by atoms with Crippen molar-refractivity contribution in [2.24, 2.45) is 5.41 Å². The number of rotatable bonds is 4. The number of aryl methyl sites for hydroxylation is 2. The number of benzene rings is 1. The highest BCUT2D eigenvalue weighted by molar-refractivity contribution is 7.14. The highest BCUT2D eigenvalue weighted by atomic mass is 32.1. The standard InChI is InChI=1S/C23H27NO3S/c1-27-22(26)23(13-17-9-6-7-10-18(17)14-23)15-24-21(25)20-12-16-8-4-2-3-5-11-19(16)28-20/h6-7,9-10,12H,2-5,8,11,13-15H2,1H3,(H,24,25). The van der Waals surface area contributed by atoms with Gasteiger partial charge in [-0.25, -0.2) is 0 Å². The van der Waals surface area contributed by atoms with Crippen LogP contribution in [-0.4, -0.2) is 25.5 Å². The molecule has 28 heavy (non-hydrogen) atoms. The van der Waals surface area contributed by atoms with Crippen LogP contribution in [0.2, 0.25) is 0 Å². The molecule has 1 N–H and O–H groups in total. The number of hydrogen-bond donors (Lipinski definition) is 1. The minimum Gasteiger partial charge on any atom is -0.469 e. The van der Waals surface area contributed by atoms with Crippen molar-refractivity contribution in [2.45, 2.75) is 51.4 Å². The van der Waals surface area contributed by atoms with Crippen LogP contribution in [-0.2, 0) is 35.2 Å². The Kier molecular flexibility index (Phi) is 5.54. The maximum Gasteiger partial charge on any atom is 0.314 e. The van der Waals surface area contributed by atoms with Gasteiger partial charge >= 0.3 is 5.97 Å². The molecule has 0 saturated heterocycles. The Labute approximate surface area is 170 Å². The van der Waals surface area contributed by atoms with Crippen molar-refractivity contribution in [3.05, 3.63) is 56.8 Å². The van der Waals surface area contributed by atoms with E-state index in [1.54, 1.807) is 11.3 Å². The van der Waals surface area contributed by atoms with E-state index in [1.165, 1.54) is 54.4 Å². The Hall–Kier alpha value is -2.14. The number of nitrogens with one attached hydrogen (secondary N) is 1. The first kappa shape index (κ1) is 19.2. The Bertz CT molecular complexity index is 835. The number of carbonyl (C=O) groups is 2. The second kappa shape index (κ2) is 8.08. The van der Waals surface area contributed by atoms with E-state index >= 15 is 0 Å². The van der Waals surface area contributed by atoms with Crippen LogP contribution in [0.4, 0.5) is 0 Å². The molecule has 1 aromatic heterocycles. The maximum absolute atomic E-state index is 12.9. The van der Waals surface area contributed by atoms with Gasteiger partial charge in [-0.3, -0.25) is 9.59 Å². The summed E-state index contributed by atoms with van der Waals surface area (Å²) in [5.41, 5.74) is 2.97. The summed E-state index contributed by atoms with van der Waals surface area (Å²) in [7, 11) is 1.42. The Morgan fingerprint density at radius 1 is 1.04 bits per heavy atom. The van der Waals surface area contributed by atoms with Crippen LogP contribution in [0.5, 0.6) is 0 Å². The maximum atomic E-state index is 12.9. The van der Waals surface area contributed by atoms with E-state index in [1.807, 2.05) is 12.1 Å². The Balaban J connectivity index is 1.48. The summed E-state index contributed by atoms with van der Waals surface area (Å²) in [5.74, 6) is -0.321. The molecule has 0 fully saturated rings. The zero-order valence-electron chi connectivity index (χ0n) is 16.4. The quantitative estimate of drug-likeness (QED) is 0.791. The summed E-state index contributed by atoms with van der Waals surface area (Å²) < 4.78 is 5.11. The molecule has 148 valence electrons. The van der Waals surface area contributed by atoms with Gasteiger partial charge in [0.1, 0.15) is 0 Å². The third-order valence-electron chi connectivity index (χ3n) is 6.10. The lowest BCUT2D eigenvalue weighted by Crippen LogP contribution is -2.44. The largest absolute Gasteiger partial charge is 0.469 e. The fourth-order valence-electron chi connectivity index (χ4n) is 4.54. The van der Waals surface area contributed by atoms with Crippen molar-refractivity contribution in [3.8, 4) is 0 Å². The zero-order valence-corrected chi connectivity index (χ0v) is 17.2. The van der Waals surface area contributed by atoms with Gasteiger partial charge in [0.15, 0.2) is 0 Å². The van der Waals surface area contributed by atoms with Crippen LogP contribution in [0.1, 0.15) is 56.9 Å². The smallest absolute Gasteiger partial charge is 0.314 e. The van der Waals surface area contributed by atoms with Gasteiger partial charge in [-0.15, -0.1) is 11.3 Å². The molecule has 1 aromatic carbocycles. The molecule has 1 amide bonds. The molecule has 1 heterocycles. The van der Waals surface area contributed by atoms with Gasteiger partial charge in [0.25, 0.3) is 5.91 Å². The number of methoxy groups -OCH3 is 1. The van der Waals surface area contributed by atoms with Crippen molar-refractivity contribution in [1.29, 1.82) is 0 Å². The fourth-order valence-corrected chi connectivity index (χ4v) is 5.71. The minimum absolute atomic E-state index is 0.0732. The van der Waals surface area contributed by atoms with Crippen LogP contribution < -0.4 is 5.32 Å². The molecular weight excluding hydrogens is 370 g/mol. The van der Waals surface area contributed by atoms with Gasteiger partial charge in [-0.2, -0.15) is 0 Å². The molecule has 4 rings (SSSR count). The number of carbonyl (C=O) groups excluding carboxylic acids is 2. The summed E-state index contributed by atoms with van der Waals surface area (Å²) in [5, 5.41) is 3.04. The molecule has 0 aliphatic heterocycles. The number of ether oxygens (including phenoxy) is 1. The van der Waals surface area contributed by atoms with E-state index in [0.717, 1.165) is 17.7 Å². The predicted molar refractivity (Wildman–Crippen MR) is 111 cm³/mol. The highest BCUT2D eigenvalue weighted by Gasteiger charge is 2.45. The number of esters is 1. The van der Waals surface area contributed by atoms with Crippen LogP contribution >= 0.6 is 11.3 Å². The fraction of sp³-hybridized carbons (Fsp3) is 0.478. The molecule has 2 aliphatic carbocycles. The van der Waals surface area contributed by atoms with Crippen LogP contribution in [0.3, 0.4) is 0 Å². The monoisotopic (exact) mass is 397 g/mol. The van der Waals surface area contributed by atoms with Crippen LogP contribution in [0.15, 0.2) is 30.3 Å². The van der Waals surface area contributed by atoms with E-state index < -0.39 is 5.41 Å². The van der Waals surface area contributed by atoms with Gasteiger partial charge < -0.3 is 10.1 Å². The second-order valence-corrected chi connectivity index (χ2v) is 9.19. The number of amides is 1. The molecule has 0 saturated carbocycles. The van der Waals surface area contributed by atoms with E-state index in [-0.39, 0.29) is 11.9 Å². The Morgan fingerprint density at radius 3 is 2.39 bits per heavy atom. The van der Waals surface area contributed by atoms with E-state index in [0.29, 0.717) is 19.4 Å². The van der Waals surface area contributed by atoms with Crippen LogP contribution in [0, 0.1) is 5.41 Å². The highest BCUT2D eigenvalue weighted by Crippen LogP contribution is 2.38. The van der Waals surface area contributed by atoms with Crippen molar-refractivity contribution in [3.63, 3.8) is 0 Å². The van der Waals surface area contributed by atoms with Gasteiger partial charge in [-0.1, -0.05) is 37.1 Å². The van der Waals surface area contributed by atoms with Crippen LogP contribution in [0.25, 0.3) is 0 Å². The Morgan fingerprint density at radius 2 is 1.71 bits per heavy atom. The van der Waals surface area contributed by atoms with Gasteiger partial charge in [0.2, 0.25) is 0 Å². The van der Waals surface area contributed by atoms with Crippen molar-refractivity contribution < 1.29 is 14.3 Å². The first-order valence-electron chi connectivity index (χ1n) is 10.2. The first-order chi connectivity index (χ1) is 13.6. The molecule has 2 aliphatic rings. The third kappa shape index (κ3) is 3.72. The summed E-state index contributed by atoms with van der Waals surface area (Å²) in [6.07, 6.45) is 8.33. The average Bonchev–Trinajstić information content (AvgIpc) is 3.27. The average molecular weight is 398 g/mol. The van der Waals surface area contributed by atoms with Gasteiger partial charge in [0.05, 0.1) is 17.4 Å². The predicted octanol–water partition coefficient (Wildman–Crippen LogP) is 4.10. The molecule has 0 spiro atoms. The normalized spacial score (nSPS) is 17.8. The van der Waals surface area contributed by atoms with Crippen molar-refractivity contribution in [1.82, 2.24) is 5.32 Å². The molecule has 0 atom stereocenters. The topological polar surface area (TPSA) is 55.4 Å². The number of thiophene rings is 1. The summed E-state index contributed by atoms with van der Waals surface area (Å²) in [4.78, 5) is 27.6. The minimum atomic E-state index is -0.708. The summed E-state index contributed by atoms with van der Waals surface area (Å²) in [6.45, 7) is 0.301. The lowest BCUT2D eigenvalue weighted by Gasteiger charge is -2.26. The molecule has 0 unspecified atom stereocenters. The lowest BCUT2D eigenvalue weighted by atomic mass is 9.84. The number of fused-ring (bicyclic) bond motifs is 2. The second-order valence-electron chi connectivity index (χ2n) is 8.05. The summed E-state index contributed by atoms with van der Waals surface area (Å²) >= 11 is 1.62. The third-order valence-corrected chi connectivity index (χ3v) is 7.34.